The first-order chi connectivity index (χ1) is 22.4. The molecular formula is C38H34N2O4P2Pd. The number of benzene rings is 4. The number of carboxylic acid groups (broad SMARTS) is 2. The summed E-state index contributed by atoms with van der Waals surface area (Å²) in [5.74, 6) is -2.17. The van der Waals surface area contributed by atoms with Crippen LogP contribution in [0.1, 0.15) is 13.8 Å². The van der Waals surface area contributed by atoms with Crippen LogP contribution < -0.4 is 42.3 Å². The van der Waals surface area contributed by atoms with Gasteiger partial charge >= 0.3 is 20.4 Å². The van der Waals surface area contributed by atoms with Gasteiger partial charge in [0.05, 0.1) is 10.9 Å². The molecule has 240 valence electrons. The Morgan fingerprint density at radius 1 is 0.426 bits per heavy atom. The van der Waals surface area contributed by atoms with Gasteiger partial charge in [0.2, 0.25) is 0 Å². The Bertz CT molecular complexity index is 1380. The number of carbonyl (C=O) groups is 2. The molecule has 0 spiro atoms. The average molecular weight is 751 g/mol. The summed E-state index contributed by atoms with van der Waals surface area (Å²) in [6, 6.07) is 54.8. The summed E-state index contributed by atoms with van der Waals surface area (Å²) >= 11 is 0. The van der Waals surface area contributed by atoms with E-state index in [0.717, 1.165) is 24.7 Å². The number of rotatable bonds is 6. The van der Waals surface area contributed by atoms with Gasteiger partial charge in [0, 0.05) is 40.2 Å². The van der Waals surface area contributed by atoms with Crippen molar-refractivity contribution in [2.75, 3.05) is 0 Å². The van der Waals surface area contributed by atoms with Crippen molar-refractivity contribution in [2.45, 2.75) is 13.8 Å². The summed E-state index contributed by atoms with van der Waals surface area (Å²) in [5, 5.41) is 23.1. The van der Waals surface area contributed by atoms with Crippen molar-refractivity contribution >= 4 is 59.9 Å². The number of aromatic nitrogens is 2. The molecule has 0 saturated carbocycles. The quantitative estimate of drug-likeness (QED) is 0.192. The molecule has 6 nitrogen and oxygen atoms in total. The minimum atomic E-state index is -1.08. The molecule has 0 atom stereocenters. The molecule has 0 fully saturated rings. The fourth-order valence-electron chi connectivity index (χ4n) is 4.11. The molecule has 0 saturated heterocycles. The van der Waals surface area contributed by atoms with Gasteiger partial charge in [-0.1, -0.05) is 133 Å². The summed E-state index contributed by atoms with van der Waals surface area (Å²) in [6.07, 6.45) is 3.74. The minimum absolute atomic E-state index is 0. The molecule has 0 unspecified atom stereocenters. The molecule has 0 amide bonds. The molecule has 4 aromatic carbocycles. The van der Waals surface area contributed by atoms with Crippen molar-refractivity contribution in [3.63, 3.8) is 0 Å². The second-order valence-electron chi connectivity index (χ2n) is 9.37. The van der Waals surface area contributed by atoms with Crippen molar-refractivity contribution in [3.05, 3.63) is 170 Å². The molecule has 2 heterocycles. The molecule has 0 aliphatic carbocycles. The zero-order valence-electron chi connectivity index (χ0n) is 25.9. The Morgan fingerprint density at radius 3 is 0.830 bits per heavy atom. The molecule has 0 bridgehead atoms. The number of carboxylic acids is 2. The number of carbonyl (C=O) groups excluding carboxylic acids is 2. The van der Waals surface area contributed by atoms with Crippen LogP contribution in [0.5, 0.6) is 0 Å². The maximum Gasteiger partial charge on any atom is 2.00 e. The molecule has 6 rings (SSSR count). The maximum absolute atomic E-state index is 8.89. The Balaban J connectivity index is 0.000000262. The molecule has 0 radical (unpaired) electrons. The summed E-state index contributed by atoms with van der Waals surface area (Å²) < 4.78 is 0. The van der Waals surface area contributed by atoms with Crippen LogP contribution in [0.2, 0.25) is 0 Å². The number of aliphatic carboxylic acids is 2. The van der Waals surface area contributed by atoms with E-state index < -0.39 is 27.8 Å². The Kier molecular flexibility index (Phi) is 18.4. The number of nitrogens with zero attached hydrogens (tertiary/aromatic N) is 2. The summed E-state index contributed by atoms with van der Waals surface area (Å²) in [5.41, 5.74) is 2.30. The monoisotopic (exact) mass is 750 g/mol. The van der Waals surface area contributed by atoms with Gasteiger partial charge < -0.3 is 19.8 Å². The maximum atomic E-state index is 8.89. The van der Waals surface area contributed by atoms with Gasteiger partial charge in [-0.25, -0.2) is 0 Å². The standard InChI is InChI=1S/2C17H14NP.2C2H4O2.Pd/c2*1-3-9-15(10-4-1)19(16-11-5-2-6-12-16)17-13-7-8-14-18-17;2*1-2(3)4;/h2*1-14H;2*1H3,(H,3,4);/q;;;;+2/p-2. The van der Waals surface area contributed by atoms with E-state index in [-0.39, 0.29) is 20.4 Å². The second-order valence-corrected chi connectivity index (χ2v) is 13.7. The van der Waals surface area contributed by atoms with Gasteiger partial charge in [0.15, 0.2) is 0 Å². The zero-order chi connectivity index (χ0) is 33.0. The van der Waals surface area contributed by atoms with E-state index in [4.69, 9.17) is 19.8 Å². The van der Waals surface area contributed by atoms with E-state index in [2.05, 4.69) is 156 Å². The predicted molar refractivity (Wildman–Crippen MR) is 187 cm³/mol. The van der Waals surface area contributed by atoms with E-state index in [9.17, 15) is 0 Å². The van der Waals surface area contributed by atoms with Crippen LogP contribution in [-0.2, 0) is 30.0 Å². The second kappa shape index (κ2) is 22.2. The molecular weight excluding hydrogens is 717 g/mol. The first-order valence-electron chi connectivity index (χ1n) is 14.3. The Morgan fingerprint density at radius 2 is 0.638 bits per heavy atom. The topological polar surface area (TPSA) is 106 Å². The van der Waals surface area contributed by atoms with Crippen LogP contribution in [0.15, 0.2) is 170 Å². The summed E-state index contributed by atoms with van der Waals surface area (Å²) in [7, 11) is -1.11. The SMILES string of the molecule is CC(=O)[O-].CC(=O)[O-].[Pd+2].c1ccc(P(c2ccccc2)c2ccccn2)cc1.c1ccc(P(c2ccccc2)c2ccccn2)cc1. The number of pyridine rings is 2. The molecule has 9 heteroatoms. The molecule has 6 aromatic rings. The van der Waals surface area contributed by atoms with Gasteiger partial charge in [-0.2, -0.15) is 0 Å². The Hall–Kier alpha value is -4.36. The van der Waals surface area contributed by atoms with Crippen LogP contribution in [0.4, 0.5) is 0 Å². The number of hydrogen-bond donors (Lipinski definition) is 0. The van der Waals surface area contributed by atoms with E-state index in [1.807, 2.05) is 24.5 Å². The van der Waals surface area contributed by atoms with Crippen molar-refractivity contribution < 1.29 is 40.2 Å². The fourth-order valence-corrected chi connectivity index (χ4v) is 8.48. The molecule has 0 aliphatic rings. The first-order valence-corrected chi connectivity index (χ1v) is 17.0. The Labute approximate surface area is 292 Å². The predicted octanol–water partition coefficient (Wildman–Crippen LogP) is 3.19. The van der Waals surface area contributed by atoms with Crippen LogP contribution >= 0.6 is 15.8 Å². The fraction of sp³-hybridized carbons (Fsp3) is 0.0526. The van der Waals surface area contributed by atoms with Crippen molar-refractivity contribution in [3.8, 4) is 0 Å². The summed E-state index contributed by atoms with van der Waals surface area (Å²) in [4.78, 5) is 26.9. The van der Waals surface area contributed by atoms with Gasteiger partial charge in [-0.05, 0) is 59.3 Å². The smallest absolute Gasteiger partial charge is 0.550 e. The van der Waals surface area contributed by atoms with Gasteiger partial charge in [-0.15, -0.1) is 0 Å². The van der Waals surface area contributed by atoms with Crippen molar-refractivity contribution in [1.29, 1.82) is 0 Å². The van der Waals surface area contributed by atoms with Crippen LogP contribution in [-0.4, -0.2) is 21.9 Å². The molecule has 2 aromatic heterocycles. The van der Waals surface area contributed by atoms with Crippen LogP contribution in [0.25, 0.3) is 0 Å². The third-order valence-corrected chi connectivity index (χ3v) is 10.5. The van der Waals surface area contributed by atoms with Crippen molar-refractivity contribution in [2.24, 2.45) is 0 Å². The number of hydrogen-bond acceptors (Lipinski definition) is 6. The zero-order valence-corrected chi connectivity index (χ0v) is 29.2. The van der Waals surface area contributed by atoms with Gasteiger partial charge in [-0.3, -0.25) is 9.97 Å². The summed E-state index contributed by atoms with van der Waals surface area (Å²) in [6.45, 7) is 1.94. The molecule has 47 heavy (non-hydrogen) atoms. The van der Waals surface area contributed by atoms with E-state index in [1.54, 1.807) is 0 Å². The largest absolute Gasteiger partial charge is 2.00 e. The molecule has 0 N–H and O–H groups in total. The first kappa shape index (κ1) is 38.8. The van der Waals surface area contributed by atoms with E-state index >= 15 is 0 Å². The van der Waals surface area contributed by atoms with E-state index in [0.29, 0.717) is 0 Å². The normalized spacial score (nSPS) is 9.62. The average Bonchev–Trinajstić information content (AvgIpc) is 3.08. The third-order valence-electron chi connectivity index (χ3n) is 5.81. The third kappa shape index (κ3) is 14.3. The minimum Gasteiger partial charge on any atom is -0.550 e. The van der Waals surface area contributed by atoms with Gasteiger partial charge in [0.1, 0.15) is 0 Å². The van der Waals surface area contributed by atoms with Crippen LogP contribution in [0.3, 0.4) is 0 Å². The van der Waals surface area contributed by atoms with Crippen LogP contribution in [0, 0.1) is 0 Å². The van der Waals surface area contributed by atoms with Gasteiger partial charge in [0.25, 0.3) is 0 Å². The molecule has 0 aliphatic heterocycles. The van der Waals surface area contributed by atoms with E-state index in [1.165, 1.54) is 21.2 Å². The van der Waals surface area contributed by atoms with Crippen molar-refractivity contribution in [1.82, 2.24) is 9.97 Å².